The molecule has 2 aliphatic rings. The van der Waals surface area contributed by atoms with Crippen LogP contribution in [0.4, 0.5) is 0 Å². The lowest BCUT2D eigenvalue weighted by atomic mass is 10.0. The third kappa shape index (κ3) is 4.24. The predicted molar refractivity (Wildman–Crippen MR) is 119 cm³/mol. The van der Waals surface area contributed by atoms with Crippen LogP contribution in [0.15, 0.2) is 46.9 Å². The van der Waals surface area contributed by atoms with Crippen LogP contribution in [-0.4, -0.2) is 29.9 Å². The van der Waals surface area contributed by atoms with E-state index in [9.17, 15) is 9.59 Å². The first-order chi connectivity index (χ1) is 14.6. The molecule has 5 nitrogen and oxygen atoms in total. The molecule has 1 saturated carbocycles. The van der Waals surface area contributed by atoms with Gasteiger partial charge in [-0.3, -0.25) is 9.59 Å². The average molecular weight is 471 g/mol. The Balaban J connectivity index is 1.63. The van der Waals surface area contributed by atoms with Crippen molar-refractivity contribution in [3.8, 4) is 5.75 Å². The van der Waals surface area contributed by atoms with Gasteiger partial charge >= 0.3 is 0 Å². The maximum Gasteiger partial charge on any atom is 0.255 e. The first-order valence-corrected chi connectivity index (χ1v) is 11.4. The van der Waals surface area contributed by atoms with Crippen LogP contribution in [0.3, 0.4) is 0 Å². The van der Waals surface area contributed by atoms with E-state index in [1.807, 2.05) is 42.5 Å². The second kappa shape index (κ2) is 9.21. The number of nitrogens with one attached hydrogen (secondary N) is 1. The number of nitrogens with zero attached hydrogens (tertiary/aromatic N) is 1. The van der Waals surface area contributed by atoms with Crippen molar-refractivity contribution in [2.45, 2.75) is 57.2 Å². The van der Waals surface area contributed by atoms with E-state index in [2.05, 4.69) is 21.2 Å². The van der Waals surface area contributed by atoms with Crippen LogP contribution in [-0.2, 0) is 11.3 Å². The zero-order valence-corrected chi connectivity index (χ0v) is 18.8. The number of carbonyl (C=O) groups is 2. The van der Waals surface area contributed by atoms with E-state index in [0.717, 1.165) is 41.3 Å². The van der Waals surface area contributed by atoms with E-state index in [1.54, 1.807) is 12.0 Å². The Kier molecular flexibility index (Phi) is 6.42. The van der Waals surface area contributed by atoms with Gasteiger partial charge in [-0.25, -0.2) is 0 Å². The van der Waals surface area contributed by atoms with Gasteiger partial charge in [0.1, 0.15) is 11.8 Å². The standard InChI is InChI=1S/C24H27BrN2O3/c1-30-21-13-12-17(25)14-16(21)15-27-22(19-10-6-7-11-20(19)24(27)29)23(28)26-18-8-4-2-3-5-9-18/h6-7,10-14,18,22H,2-5,8-9,15H2,1H3,(H,26,28)/t22-/m0/s1. The highest BCUT2D eigenvalue weighted by Gasteiger charge is 2.41. The zero-order valence-electron chi connectivity index (χ0n) is 17.2. The summed E-state index contributed by atoms with van der Waals surface area (Å²) in [6.07, 6.45) is 6.76. The van der Waals surface area contributed by atoms with Gasteiger partial charge in [0, 0.05) is 21.6 Å². The Morgan fingerprint density at radius 2 is 1.87 bits per heavy atom. The number of methoxy groups -OCH3 is 1. The number of hydrogen-bond donors (Lipinski definition) is 1. The molecule has 30 heavy (non-hydrogen) atoms. The van der Waals surface area contributed by atoms with Crippen LogP contribution < -0.4 is 10.1 Å². The zero-order chi connectivity index (χ0) is 21.1. The molecular weight excluding hydrogens is 444 g/mol. The van der Waals surface area contributed by atoms with Gasteiger partial charge in [0.2, 0.25) is 5.91 Å². The molecule has 0 spiro atoms. The fourth-order valence-electron chi connectivity index (χ4n) is 4.57. The third-order valence-corrected chi connectivity index (χ3v) is 6.58. The Bertz CT molecular complexity index is 938. The fraction of sp³-hybridized carbons (Fsp3) is 0.417. The maximum atomic E-state index is 13.4. The molecule has 4 rings (SSSR count). The summed E-state index contributed by atoms with van der Waals surface area (Å²) in [6.45, 7) is 0.304. The Morgan fingerprint density at radius 3 is 2.60 bits per heavy atom. The number of hydrogen-bond acceptors (Lipinski definition) is 3. The highest BCUT2D eigenvalue weighted by Crippen LogP contribution is 2.37. The average Bonchev–Trinajstić information content (AvgIpc) is 2.89. The molecule has 1 N–H and O–H groups in total. The van der Waals surface area contributed by atoms with E-state index >= 15 is 0 Å². The van der Waals surface area contributed by atoms with Crippen LogP contribution in [0.5, 0.6) is 5.75 Å². The van der Waals surface area contributed by atoms with Crippen LogP contribution in [0, 0.1) is 0 Å². The maximum absolute atomic E-state index is 13.4. The second-order valence-electron chi connectivity index (χ2n) is 8.08. The molecule has 0 saturated heterocycles. The minimum absolute atomic E-state index is 0.0887. The lowest BCUT2D eigenvalue weighted by Crippen LogP contribution is -2.43. The molecule has 1 fully saturated rings. The summed E-state index contributed by atoms with van der Waals surface area (Å²) in [7, 11) is 1.61. The molecule has 2 aromatic rings. The predicted octanol–water partition coefficient (Wildman–Crippen LogP) is 4.99. The molecule has 2 amide bonds. The van der Waals surface area contributed by atoms with Crippen molar-refractivity contribution >= 4 is 27.7 Å². The van der Waals surface area contributed by atoms with Gasteiger partial charge in [-0.15, -0.1) is 0 Å². The van der Waals surface area contributed by atoms with E-state index in [4.69, 9.17) is 4.74 Å². The molecule has 2 aromatic carbocycles. The van der Waals surface area contributed by atoms with Crippen molar-refractivity contribution in [2.24, 2.45) is 0 Å². The van der Waals surface area contributed by atoms with Crippen LogP contribution in [0.1, 0.15) is 66.1 Å². The molecule has 0 unspecified atom stereocenters. The van der Waals surface area contributed by atoms with Crippen molar-refractivity contribution < 1.29 is 14.3 Å². The molecule has 6 heteroatoms. The fourth-order valence-corrected chi connectivity index (χ4v) is 4.98. The molecule has 1 aliphatic carbocycles. The first-order valence-electron chi connectivity index (χ1n) is 10.6. The van der Waals surface area contributed by atoms with Gasteiger partial charge < -0.3 is 15.0 Å². The summed E-state index contributed by atoms with van der Waals surface area (Å²) in [6, 6.07) is 12.7. The highest BCUT2D eigenvalue weighted by atomic mass is 79.9. The van der Waals surface area contributed by atoms with Gasteiger partial charge in [-0.1, -0.05) is 59.8 Å². The summed E-state index contributed by atoms with van der Waals surface area (Å²) in [5, 5.41) is 3.24. The molecule has 1 aliphatic heterocycles. The van der Waals surface area contributed by atoms with Crippen molar-refractivity contribution in [1.82, 2.24) is 10.2 Å². The minimum atomic E-state index is -0.624. The number of benzene rings is 2. The van der Waals surface area contributed by atoms with Crippen molar-refractivity contribution in [3.63, 3.8) is 0 Å². The van der Waals surface area contributed by atoms with Crippen molar-refractivity contribution in [1.29, 1.82) is 0 Å². The quantitative estimate of drug-likeness (QED) is 0.625. The molecule has 0 aromatic heterocycles. The minimum Gasteiger partial charge on any atom is -0.496 e. The van der Waals surface area contributed by atoms with Gasteiger partial charge in [-0.05, 0) is 42.7 Å². The third-order valence-electron chi connectivity index (χ3n) is 6.09. The number of ether oxygens (including phenoxy) is 1. The Morgan fingerprint density at radius 1 is 1.13 bits per heavy atom. The number of amides is 2. The van der Waals surface area contributed by atoms with E-state index in [0.29, 0.717) is 17.9 Å². The molecule has 0 radical (unpaired) electrons. The van der Waals surface area contributed by atoms with Gasteiger partial charge in [0.15, 0.2) is 0 Å². The monoisotopic (exact) mass is 470 g/mol. The lowest BCUT2D eigenvalue weighted by molar-refractivity contribution is -0.126. The van der Waals surface area contributed by atoms with Crippen molar-refractivity contribution in [2.75, 3.05) is 7.11 Å². The van der Waals surface area contributed by atoms with Crippen LogP contribution >= 0.6 is 15.9 Å². The first kappa shape index (κ1) is 20.9. The molecule has 158 valence electrons. The lowest BCUT2D eigenvalue weighted by Gasteiger charge is -2.27. The largest absolute Gasteiger partial charge is 0.496 e. The Hall–Kier alpha value is -2.34. The molecule has 1 heterocycles. The van der Waals surface area contributed by atoms with Gasteiger partial charge in [0.05, 0.1) is 13.7 Å². The molecule has 1 atom stereocenters. The highest BCUT2D eigenvalue weighted by molar-refractivity contribution is 9.10. The normalized spacial score (nSPS) is 19.3. The Labute approximate surface area is 185 Å². The van der Waals surface area contributed by atoms with Crippen LogP contribution in [0.2, 0.25) is 0 Å². The number of carbonyl (C=O) groups excluding carboxylic acids is 2. The van der Waals surface area contributed by atoms with E-state index in [-0.39, 0.29) is 17.9 Å². The summed E-state index contributed by atoms with van der Waals surface area (Å²) in [5.41, 5.74) is 2.25. The summed E-state index contributed by atoms with van der Waals surface area (Å²) in [5.74, 6) is 0.493. The van der Waals surface area contributed by atoms with Crippen molar-refractivity contribution in [3.05, 3.63) is 63.6 Å². The molecular formula is C24H27BrN2O3. The van der Waals surface area contributed by atoms with Gasteiger partial charge in [0.25, 0.3) is 5.91 Å². The summed E-state index contributed by atoms with van der Waals surface area (Å²) < 4.78 is 6.40. The number of rotatable bonds is 5. The van der Waals surface area contributed by atoms with E-state index in [1.165, 1.54) is 12.8 Å². The number of fused-ring (bicyclic) bond motifs is 1. The second-order valence-corrected chi connectivity index (χ2v) is 8.99. The molecule has 0 bridgehead atoms. The topological polar surface area (TPSA) is 58.6 Å². The number of halogens is 1. The van der Waals surface area contributed by atoms with Crippen LogP contribution in [0.25, 0.3) is 0 Å². The van der Waals surface area contributed by atoms with E-state index < -0.39 is 6.04 Å². The summed E-state index contributed by atoms with van der Waals surface area (Å²) in [4.78, 5) is 28.3. The smallest absolute Gasteiger partial charge is 0.255 e. The summed E-state index contributed by atoms with van der Waals surface area (Å²) >= 11 is 3.50. The SMILES string of the molecule is COc1ccc(Br)cc1CN1C(=O)c2ccccc2[C@H]1C(=O)NC1CCCCCC1. The van der Waals surface area contributed by atoms with Gasteiger partial charge in [-0.2, -0.15) is 0 Å².